The minimum atomic E-state index is -0.186. The van der Waals surface area contributed by atoms with Crippen molar-refractivity contribution in [3.05, 3.63) is 51.3 Å². The molecule has 0 spiro atoms. The number of nitrogens with zero attached hydrogens (tertiary/aromatic N) is 1. The Labute approximate surface area is 129 Å². The predicted octanol–water partition coefficient (Wildman–Crippen LogP) is 4.87. The molecule has 0 atom stereocenters. The number of aliphatic hydroxyl groups excluding tert-OH is 1. The van der Waals surface area contributed by atoms with Crippen LogP contribution in [0, 0.1) is 0 Å². The van der Waals surface area contributed by atoms with Gasteiger partial charge in [0.05, 0.1) is 27.1 Å². The topological polar surface area (TPSA) is 46.3 Å². The summed E-state index contributed by atoms with van der Waals surface area (Å²) in [6, 6.07) is 9.10. The van der Waals surface area contributed by atoms with E-state index in [0.29, 0.717) is 32.6 Å². The molecule has 0 amide bonds. The Hall–Kier alpha value is -1.33. The Kier molecular flexibility index (Phi) is 3.81. The molecule has 102 valence electrons. The summed E-state index contributed by atoms with van der Waals surface area (Å²) in [6.07, 6.45) is 0. The van der Waals surface area contributed by atoms with Crippen LogP contribution in [0.25, 0.3) is 21.9 Å². The number of aromatic nitrogens is 1. The van der Waals surface area contributed by atoms with Crippen LogP contribution in [0.1, 0.15) is 5.56 Å². The highest BCUT2D eigenvalue weighted by Gasteiger charge is 2.21. The lowest BCUT2D eigenvalue weighted by Crippen LogP contribution is -1.89. The van der Waals surface area contributed by atoms with E-state index in [1.807, 2.05) is 17.5 Å². The molecule has 2 aromatic heterocycles. The van der Waals surface area contributed by atoms with Crippen LogP contribution in [-0.4, -0.2) is 10.3 Å². The van der Waals surface area contributed by atoms with Gasteiger partial charge in [-0.3, -0.25) is 0 Å². The normalized spacial score (nSPS) is 10.9. The van der Waals surface area contributed by atoms with Crippen molar-refractivity contribution in [3.63, 3.8) is 0 Å². The summed E-state index contributed by atoms with van der Waals surface area (Å²) < 4.78 is 5.38. The Bertz CT molecular complexity index is 738. The smallest absolute Gasteiger partial charge is 0.182 e. The molecule has 0 radical (unpaired) electrons. The maximum absolute atomic E-state index is 9.64. The van der Waals surface area contributed by atoms with Gasteiger partial charge in [-0.1, -0.05) is 46.6 Å². The fourth-order valence-electron chi connectivity index (χ4n) is 1.96. The van der Waals surface area contributed by atoms with E-state index in [2.05, 4.69) is 5.16 Å². The standard InChI is InChI=1S/C14H9Cl2NO2S/c15-10-4-1-3-8(12(10)16)13-9(7-18)14(19-17-13)11-5-2-6-20-11/h1-6,18H,7H2. The number of rotatable bonds is 3. The molecule has 3 aromatic rings. The van der Waals surface area contributed by atoms with Gasteiger partial charge in [0.15, 0.2) is 5.76 Å². The molecule has 0 bridgehead atoms. The average molecular weight is 326 g/mol. The van der Waals surface area contributed by atoms with Crippen LogP contribution in [0.15, 0.2) is 40.2 Å². The average Bonchev–Trinajstić information content (AvgIpc) is 3.09. The molecule has 3 rings (SSSR count). The summed E-state index contributed by atoms with van der Waals surface area (Å²) in [4.78, 5) is 0.908. The SMILES string of the molecule is OCc1c(-c2cccc(Cl)c2Cl)noc1-c1cccs1. The van der Waals surface area contributed by atoms with Crippen molar-refractivity contribution in [1.82, 2.24) is 5.16 Å². The highest BCUT2D eigenvalue weighted by molar-refractivity contribution is 7.13. The first-order valence-corrected chi connectivity index (χ1v) is 7.43. The number of hydrogen-bond acceptors (Lipinski definition) is 4. The highest BCUT2D eigenvalue weighted by Crippen LogP contribution is 2.39. The van der Waals surface area contributed by atoms with E-state index in [4.69, 9.17) is 27.7 Å². The van der Waals surface area contributed by atoms with Gasteiger partial charge in [-0.2, -0.15) is 0 Å². The van der Waals surface area contributed by atoms with E-state index >= 15 is 0 Å². The molecule has 0 saturated carbocycles. The van der Waals surface area contributed by atoms with Crippen molar-refractivity contribution in [2.24, 2.45) is 0 Å². The van der Waals surface area contributed by atoms with Gasteiger partial charge in [0.25, 0.3) is 0 Å². The van der Waals surface area contributed by atoms with Gasteiger partial charge in [0.2, 0.25) is 0 Å². The number of hydrogen-bond donors (Lipinski definition) is 1. The molecule has 0 aliphatic carbocycles. The van der Waals surface area contributed by atoms with E-state index in [1.165, 1.54) is 11.3 Å². The van der Waals surface area contributed by atoms with Crippen LogP contribution >= 0.6 is 34.5 Å². The Balaban J connectivity index is 2.18. The van der Waals surface area contributed by atoms with Crippen molar-refractivity contribution < 1.29 is 9.63 Å². The summed E-state index contributed by atoms with van der Waals surface area (Å²) in [5, 5.41) is 16.5. The van der Waals surface area contributed by atoms with E-state index < -0.39 is 0 Å². The molecule has 0 aliphatic rings. The number of benzene rings is 1. The third kappa shape index (κ3) is 2.25. The molecule has 0 saturated heterocycles. The summed E-state index contributed by atoms with van der Waals surface area (Å²) in [5.74, 6) is 0.563. The zero-order valence-electron chi connectivity index (χ0n) is 10.1. The molecule has 1 N–H and O–H groups in total. The van der Waals surface area contributed by atoms with Gasteiger partial charge < -0.3 is 9.63 Å². The summed E-state index contributed by atoms with van der Waals surface area (Å²) in [7, 11) is 0. The van der Waals surface area contributed by atoms with Crippen molar-refractivity contribution in [2.45, 2.75) is 6.61 Å². The van der Waals surface area contributed by atoms with Gasteiger partial charge in [0.1, 0.15) is 5.69 Å². The minimum Gasteiger partial charge on any atom is -0.391 e. The third-order valence-corrected chi connectivity index (χ3v) is 4.59. The summed E-state index contributed by atoms with van der Waals surface area (Å²) >= 11 is 13.7. The van der Waals surface area contributed by atoms with E-state index in [9.17, 15) is 5.11 Å². The zero-order valence-corrected chi connectivity index (χ0v) is 12.5. The van der Waals surface area contributed by atoms with Crippen LogP contribution in [0.3, 0.4) is 0 Å². The Morgan fingerprint density at radius 3 is 2.75 bits per heavy atom. The van der Waals surface area contributed by atoms with Crippen molar-refractivity contribution in [3.8, 4) is 21.9 Å². The van der Waals surface area contributed by atoms with E-state index in [-0.39, 0.29) is 6.61 Å². The fraction of sp³-hybridized carbons (Fsp3) is 0.0714. The molecule has 3 nitrogen and oxygen atoms in total. The first-order chi connectivity index (χ1) is 9.72. The first-order valence-electron chi connectivity index (χ1n) is 5.80. The van der Waals surface area contributed by atoms with Crippen LogP contribution in [-0.2, 0) is 6.61 Å². The van der Waals surface area contributed by atoms with E-state index in [1.54, 1.807) is 18.2 Å². The summed E-state index contributed by atoms with van der Waals surface area (Å²) in [6.45, 7) is -0.186. The summed E-state index contributed by atoms with van der Waals surface area (Å²) in [5.41, 5.74) is 1.77. The highest BCUT2D eigenvalue weighted by atomic mass is 35.5. The number of halogens is 2. The molecule has 0 fully saturated rings. The van der Waals surface area contributed by atoms with Gasteiger partial charge in [-0.25, -0.2) is 0 Å². The van der Waals surface area contributed by atoms with Crippen molar-refractivity contribution >= 4 is 34.5 Å². The largest absolute Gasteiger partial charge is 0.391 e. The quantitative estimate of drug-likeness (QED) is 0.747. The van der Waals surface area contributed by atoms with Crippen LogP contribution in [0.4, 0.5) is 0 Å². The van der Waals surface area contributed by atoms with Crippen LogP contribution < -0.4 is 0 Å². The van der Waals surface area contributed by atoms with E-state index in [0.717, 1.165) is 4.88 Å². The Morgan fingerprint density at radius 1 is 1.20 bits per heavy atom. The van der Waals surface area contributed by atoms with Crippen molar-refractivity contribution in [1.29, 1.82) is 0 Å². The molecule has 1 aromatic carbocycles. The third-order valence-electron chi connectivity index (χ3n) is 2.90. The maximum Gasteiger partial charge on any atom is 0.182 e. The van der Waals surface area contributed by atoms with Gasteiger partial charge in [-0.15, -0.1) is 11.3 Å². The lowest BCUT2D eigenvalue weighted by molar-refractivity contribution is 0.282. The molecule has 0 unspecified atom stereocenters. The monoisotopic (exact) mass is 325 g/mol. The second-order valence-electron chi connectivity index (χ2n) is 4.08. The first kappa shape index (κ1) is 13.6. The van der Waals surface area contributed by atoms with Gasteiger partial charge in [-0.05, 0) is 17.5 Å². The Morgan fingerprint density at radius 2 is 2.05 bits per heavy atom. The lowest BCUT2D eigenvalue weighted by atomic mass is 10.1. The lowest BCUT2D eigenvalue weighted by Gasteiger charge is -2.04. The second-order valence-corrected chi connectivity index (χ2v) is 5.81. The predicted molar refractivity (Wildman–Crippen MR) is 81.2 cm³/mol. The molecular formula is C14H9Cl2NO2S. The maximum atomic E-state index is 9.64. The van der Waals surface area contributed by atoms with Gasteiger partial charge >= 0.3 is 0 Å². The molecule has 6 heteroatoms. The fourth-order valence-corrected chi connectivity index (χ4v) is 3.07. The minimum absolute atomic E-state index is 0.186. The molecule has 20 heavy (non-hydrogen) atoms. The van der Waals surface area contributed by atoms with Gasteiger partial charge in [0, 0.05) is 5.56 Å². The second kappa shape index (κ2) is 5.58. The molecule has 2 heterocycles. The number of aliphatic hydroxyl groups is 1. The van der Waals surface area contributed by atoms with Crippen LogP contribution in [0.5, 0.6) is 0 Å². The molecule has 0 aliphatic heterocycles. The number of thiophene rings is 1. The van der Waals surface area contributed by atoms with Crippen LogP contribution in [0.2, 0.25) is 10.0 Å². The molecular weight excluding hydrogens is 317 g/mol. The zero-order chi connectivity index (χ0) is 14.1. The van der Waals surface area contributed by atoms with Crippen molar-refractivity contribution in [2.75, 3.05) is 0 Å².